The number of hydrogen-bond donors (Lipinski definition) is 1. The number of halogens is 2. The highest BCUT2D eigenvalue weighted by Gasteiger charge is 2.55. The standard InChI is InChI=1S/C18H21F2N/c19-13-4-14-15(9-21-17(14)16(20)5-13)18-6-10-1-11(7-18)3-12(2-10)8-18/h4-5,10-12,15,21H,1-3,6-9H2. The van der Waals surface area contributed by atoms with Crippen molar-refractivity contribution in [3.05, 3.63) is 29.3 Å². The molecule has 6 rings (SSSR count). The first-order valence-electron chi connectivity index (χ1n) is 8.36. The first kappa shape index (κ1) is 12.4. The molecule has 1 aromatic rings. The molecule has 0 saturated heterocycles. The normalized spacial score (nSPS) is 43.0. The lowest BCUT2D eigenvalue weighted by atomic mass is 9.46. The van der Waals surface area contributed by atoms with Crippen LogP contribution in [0.4, 0.5) is 14.5 Å². The summed E-state index contributed by atoms with van der Waals surface area (Å²) < 4.78 is 27.7. The zero-order chi connectivity index (χ0) is 14.2. The smallest absolute Gasteiger partial charge is 0.149 e. The molecule has 0 spiro atoms. The quantitative estimate of drug-likeness (QED) is 0.791. The van der Waals surface area contributed by atoms with Crippen LogP contribution in [-0.2, 0) is 0 Å². The maximum atomic E-state index is 14.0. The van der Waals surface area contributed by atoms with Crippen molar-refractivity contribution in [1.82, 2.24) is 0 Å². The average Bonchev–Trinajstić information content (AvgIpc) is 2.81. The predicted octanol–water partition coefficient (Wildman–Crippen LogP) is 4.69. The van der Waals surface area contributed by atoms with Gasteiger partial charge in [0, 0.05) is 18.5 Å². The van der Waals surface area contributed by atoms with E-state index in [4.69, 9.17) is 0 Å². The average molecular weight is 289 g/mol. The van der Waals surface area contributed by atoms with E-state index in [0.717, 1.165) is 35.9 Å². The van der Waals surface area contributed by atoms with Crippen LogP contribution in [0.25, 0.3) is 0 Å². The molecule has 1 N–H and O–H groups in total. The molecule has 4 saturated carbocycles. The number of anilines is 1. The molecular weight excluding hydrogens is 268 g/mol. The zero-order valence-corrected chi connectivity index (χ0v) is 12.2. The van der Waals surface area contributed by atoms with E-state index in [1.165, 1.54) is 38.5 Å². The van der Waals surface area contributed by atoms with Gasteiger partial charge in [-0.2, -0.15) is 0 Å². The number of rotatable bonds is 1. The summed E-state index contributed by atoms with van der Waals surface area (Å²) in [4.78, 5) is 0. The van der Waals surface area contributed by atoms with Crippen LogP contribution in [0, 0.1) is 34.8 Å². The fourth-order valence-corrected chi connectivity index (χ4v) is 6.52. The minimum atomic E-state index is -0.426. The Morgan fingerprint density at radius 3 is 2.19 bits per heavy atom. The monoisotopic (exact) mass is 289 g/mol. The van der Waals surface area contributed by atoms with Crippen LogP contribution in [-0.4, -0.2) is 6.54 Å². The SMILES string of the molecule is Fc1cc(F)c2c(c1)C(C13CC4CC(CC(C4)C1)C3)CN2. The molecular formula is C18H21F2N. The minimum absolute atomic E-state index is 0.311. The first-order chi connectivity index (χ1) is 10.1. The van der Waals surface area contributed by atoms with Gasteiger partial charge in [0.25, 0.3) is 0 Å². The molecule has 5 aliphatic rings. The van der Waals surface area contributed by atoms with E-state index >= 15 is 0 Å². The van der Waals surface area contributed by atoms with Crippen LogP contribution in [0.3, 0.4) is 0 Å². The molecule has 1 aromatic carbocycles. The summed E-state index contributed by atoms with van der Waals surface area (Å²) in [5.74, 6) is 2.09. The molecule has 1 nitrogen and oxygen atoms in total. The van der Waals surface area contributed by atoms with Gasteiger partial charge in [0.2, 0.25) is 0 Å². The molecule has 0 amide bonds. The van der Waals surface area contributed by atoms with E-state index in [-0.39, 0.29) is 0 Å². The number of fused-ring (bicyclic) bond motifs is 1. The van der Waals surface area contributed by atoms with Crippen LogP contribution in [0.5, 0.6) is 0 Å². The Labute approximate surface area is 124 Å². The number of benzene rings is 1. The third-order valence-corrected chi connectivity index (χ3v) is 6.77. The topological polar surface area (TPSA) is 12.0 Å². The van der Waals surface area contributed by atoms with Gasteiger partial charge in [-0.05, 0) is 73.3 Å². The van der Waals surface area contributed by atoms with Crippen molar-refractivity contribution < 1.29 is 8.78 Å². The molecule has 3 heteroatoms. The van der Waals surface area contributed by atoms with Crippen molar-refractivity contribution in [2.24, 2.45) is 23.2 Å². The summed E-state index contributed by atoms with van der Waals surface area (Å²) in [6.07, 6.45) is 8.06. The van der Waals surface area contributed by atoms with E-state index in [1.807, 2.05) is 0 Å². The van der Waals surface area contributed by atoms with Crippen molar-refractivity contribution in [2.75, 3.05) is 11.9 Å². The Bertz CT molecular complexity index is 574. The highest BCUT2D eigenvalue weighted by atomic mass is 19.1. The molecule has 4 fully saturated rings. The van der Waals surface area contributed by atoms with Crippen molar-refractivity contribution >= 4 is 5.69 Å². The Hall–Kier alpha value is -1.12. The molecule has 1 unspecified atom stereocenters. The van der Waals surface area contributed by atoms with Crippen molar-refractivity contribution in [3.63, 3.8) is 0 Å². The van der Waals surface area contributed by atoms with Crippen molar-refractivity contribution in [2.45, 2.75) is 44.4 Å². The second-order valence-corrected chi connectivity index (χ2v) is 8.07. The summed E-state index contributed by atoms with van der Waals surface area (Å²) >= 11 is 0. The third-order valence-electron chi connectivity index (χ3n) is 6.77. The number of nitrogens with one attached hydrogen (secondary N) is 1. The van der Waals surface area contributed by atoms with Crippen molar-refractivity contribution in [3.8, 4) is 0 Å². The van der Waals surface area contributed by atoms with Gasteiger partial charge in [-0.15, -0.1) is 0 Å². The fraction of sp³-hybridized carbons (Fsp3) is 0.667. The van der Waals surface area contributed by atoms with E-state index < -0.39 is 11.6 Å². The number of hydrogen-bond acceptors (Lipinski definition) is 1. The molecule has 1 aliphatic heterocycles. The van der Waals surface area contributed by atoms with Gasteiger partial charge in [-0.3, -0.25) is 0 Å². The zero-order valence-electron chi connectivity index (χ0n) is 12.2. The molecule has 112 valence electrons. The second-order valence-electron chi connectivity index (χ2n) is 8.07. The Kier molecular flexibility index (Phi) is 2.36. The van der Waals surface area contributed by atoms with Crippen molar-refractivity contribution in [1.29, 1.82) is 0 Å². The van der Waals surface area contributed by atoms with Crippen LogP contribution in [0.1, 0.15) is 50.0 Å². The molecule has 4 bridgehead atoms. The maximum absolute atomic E-state index is 14.0. The van der Waals surface area contributed by atoms with Crippen LogP contribution >= 0.6 is 0 Å². The highest BCUT2D eigenvalue weighted by Crippen LogP contribution is 2.65. The van der Waals surface area contributed by atoms with Gasteiger partial charge in [0.15, 0.2) is 0 Å². The lowest BCUT2D eigenvalue weighted by Gasteiger charge is -2.59. The van der Waals surface area contributed by atoms with E-state index in [1.54, 1.807) is 6.07 Å². The lowest BCUT2D eigenvalue weighted by molar-refractivity contribution is -0.0654. The fourth-order valence-electron chi connectivity index (χ4n) is 6.52. The van der Waals surface area contributed by atoms with Crippen LogP contribution in [0.15, 0.2) is 12.1 Å². The summed E-state index contributed by atoms with van der Waals surface area (Å²) in [7, 11) is 0. The van der Waals surface area contributed by atoms with Gasteiger partial charge >= 0.3 is 0 Å². The van der Waals surface area contributed by atoms with Gasteiger partial charge in [-0.25, -0.2) is 8.78 Å². The van der Waals surface area contributed by atoms with E-state index in [9.17, 15) is 8.78 Å². The summed E-state index contributed by atoms with van der Waals surface area (Å²) in [5.41, 5.74) is 1.79. The molecule has 0 aromatic heterocycles. The van der Waals surface area contributed by atoms with Crippen LogP contribution < -0.4 is 5.32 Å². The van der Waals surface area contributed by atoms with E-state index in [2.05, 4.69) is 5.32 Å². The lowest BCUT2D eigenvalue weighted by Crippen LogP contribution is -2.49. The molecule has 1 atom stereocenters. The third kappa shape index (κ3) is 1.66. The molecule has 21 heavy (non-hydrogen) atoms. The van der Waals surface area contributed by atoms with Gasteiger partial charge < -0.3 is 5.32 Å². The van der Waals surface area contributed by atoms with E-state index in [0.29, 0.717) is 17.0 Å². The highest BCUT2D eigenvalue weighted by molar-refractivity contribution is 5.59. The first-order valence-corrected chi connectivity index (χ1v) is 8.36. The molecule has 1 heterocycles. The minimum Gasteiger partial charge on any atom is -0.382 e. The summed E-state index contributed by atoms with van der Waals surface area (Å²) in [5, 5.41) is 3.23. The maximum Gasteiger partial charge on any atom is 0.149 e. The Morgan fingerprint density at radius 1 is 0.952 bits per heavy atom. The van der Waals surface area contributed by atoms with Gasteiger partial charge in [0.05, 0.1) is 5.69 Å². The predicted molar refractivity (Wildman–Crippen MR) is 78.2 cm³/mol. The largest absolute Gasteiger partial charge is 0.382 e. The van der Waals surface area contributed by atoms with Gasteiger partial charge in [0.1, 0.15) is 11.6 Å². The second kappa shape index (κ2) is 3.99. The van der Waals surface area contributed by atoms with Crippen LogP contribution in [0.2, 0.25) is 0 Å². The Balaban J connectivity index is 1.58. The molecule has 4 aliphatic carbocycles. The molecule has 0 radical (unpaired) electrons. The summed E-state index contributed by atoms with van der Waals surface area (Å²) in [6, 6.07) is 2.59. The van der Waals surface area contributed by atoms with Gasteiger partial charge in [-0.1, -0.05) is 0 Å². The summed E-state index contributed by atoms with van der Waals surface area (Å²) in [6.45, 7) is 0.794. The Morgan fingerprint density at radius 2 is 1.57 bits per heavy atom.